The third-order valence-electron chi connectivity index (χ3n) is 5.59. The van der Waals surface area contributed by atoms with Gasteiger partial charge in [0, 0.05) is 38.9 Å². The Balaban J connectivity index is 1.22. The van der Waals surface area contributed by atoms with E-state index in [2.05, 4.69) is 25.1 Å². The molecule has 0 atom stereocenters. The fourth-order valence-electron chi connectivity index (χ4n) is 3.88. The van der Waals surface area contributed by atoms with E-state index in [4.69, 9.17) is 12.2 Å². The highest BCUT2D eigenvalue weighted by Gasteiger charge is 2.19. The number of piperazine rings is 1. The van der Waals surface area contributed by atoms with Crippen molar-refractivity contribution in [2.45, 2.75) is 13.0 Å². The summed E-state index contributed by atoms with van der Waals surface area (Å²) in [6.07, 6.45) is 2.36. The molecule has 1 saturated heterocycles. The van der Waals surface area contributed by atoms with Gasteiger partial charge in [0.15, 0.2) is 4.77 Å². The fourth-order valence-corrected chi connectivity index (χ4v) is 4.12. The standard InChI is InChI=1S/C22H25FN6O2S/c23-17-6-1-2-7-18(17)28-13-11-27(12-14-28)10-4-9-24-19(30)15-29-21(31)16-5-3-8-25-20(16)26-22(29)32/h1-3,5-8H,4,9-15H2,(H,24,30)(H,25,26,32). The third-order valence-corrected chi connectivity index (χ3v) is 5.92. The van der Waals surface area contributed by atoms with Crippen LogP contribution < -0.4 is 15.8 Å². The SMILES string of the molecule is O=C(Cn1c(=S)[nH]c2ncccc2c1=O)NCCCN1CCN(c2ccccc2F)CC1. The molecule has 8 nitrogen and oxygen atoms in total. The summed E-state index contributed by atoms with van der Waals surface area (Å²) in [7, 11) is 0. The number of nitrogens with zero attached hydrogens (tertiary/aromatic N) is 4. The smallest absolute Gasteiger partial charge is 0.264 e. The summed E-state index contributed by atoms with van der Waals surface area (Å²) in [6, 6.07) is 10.2. The number of pyridine rings is 1. The van der Waals surface area contributed by atoms with Crippen molar-refractivity contribution in [1.29, 1.82) is 0 Å². The second kappa shape index (κ2) is 10.0. The molecule has 1 aliphatic rings. The van der Waals surface area contributed by atoms with Gasteiger partial charge in [0.2, 0.25) is 5.91 Å². The molecule has 2 aromatic heterocycles. The van der Waals surface area contributed by atoms with Crippen molar-refractivity contribution >= 4 is 34.8 Å². The van der Waals surface area contributed by atoms with E-state index in [1.165, 1.54) is 10.6 Å². The van der Waals surface area contributed by atoms with Crippen LogP contribution in [-0.2, 0) is 11.3 Å². The Morgan fingerprint density at radius 2 is 1.94 bits per heavy atom. The molecule has 3 aromatic rings. The minimum absolute atomic E-state index is 0.139. The second-order valence-electron chi connectivity index (χ2n) is 7.70. The fraction of sp³-hybridized carbons (Fsp3) is 0.364. The molecule has 3 heterocycles. The lowest BCUT2D eigenvalue weighted by atomic mass is 10.2. The molecule has 0 radical (unpaired) electrons. The molecule has 168 valence electrons. The zero-order valence-electron chi connectivity index (χ0n) is 17.6. The number of halogens is 1. The number of hydrogen-bond acceptors (Lipinski definition) is 6. The highest BCUT2D eigenvalue weighted by atomic mass is 32.1. The lowest BCUT2D eigenvalue weighted by Crippen LogP contribution is -2.47. The predicted octanol–water partition coefficient (Wildman–Crippen LogP) is 1.92. The van der Waals surface area contributed by atoms with Crippen LogP contribution in [0.15, 0.2) is 47.4 Å². The van der Waals surface area contributed by atoms with Crippen molar-refractivity contribution < 1.29 is 9.18 Å². The van der Waals surface area contributed by atoms with E-state index in [1.807, 2.05) is 12.1 Å². The van der Waals surface area contributed by atoms with Crippen LogP contribution in [0.3, 0.4) is 0 Å². The second-order valence-corrected chi connectivity index (χ2v) is 8.09. The molecule has 1 fully saturated rings. The normalized spacial score (nSPS) is 14.6. The van der Waals surface area contributed by atoms with E-state index in [1.54, 1.807) is 24.4 Å². The first-order valence-electron chi connectivity index (χ1n) is 10.6. The highest BCUT2D eigenvalue weighted by molar-refractivity contribution is 7.71. The Morgan fingerprint density at radius 3 is 2.72 bits per heavy atom. The van der Waals surface area contributed by atoms with Gasteiger partial charge >= 0.3 is 0 Å². The summed E-state index contributed by atoms with van der Waals surface area (Å²) in [4.78, 5) is 36.3. The van der Waals surface area contributed by atoms with E-state index in [9.17, 15) is 14.0 Å². The summed E-state index contributed by atoms with van der Waals surface area (Å²) in [5.74, 6) is -0.454. The monoisotopic (exact) mass is 456 g/mol. The summed E-state index contributed by atoms with van der Waals surface area (Å²) in [5, 5.41) is 3.25. The van der Waals surface area contributed by atoms with E-state index in [0.29, 0.717) is 23.3 Å². The lowest BCUT2D eigenvalue weighted by molar-refractivity contribution is -0.121. The quantitative estimate of drug-likeness (QED) is 0.417. The summed E-state index contributed by atoms with van der Waals surface area (Å²) >= 11 is 5.21. The molecule has 10 heteroatoms. The van der Waals surface area contributed by atoms with Crippen LogP contribution in [0.4, 0.5) is 10.1 Å². The molecule has 1 aliphatic heterocycles. The molecule has 1 amide bonds. The predicted molar refractivity (Wildman–Crippen MR) is 124 cm³/mol. The van der Waals surface area contributed by atoms with E-state index in [-0.39, 0.29) is 28.6 Å². The van der Waals surface area contributed by atoms with Gasteiger partial charge in [-0.05, 0) is 49.4 Å². The number of amides is 1. The Bertz CT molecular complexity index is 1220. The number of carbonyl (C=O) groups is 1. The number of aromatic amines is 1. The van der Waals surface area contributed by atoms with Gasteiger partial charge in [0.05, 0.1) is 11.1 Å². The van der Waals surface area contributed by atoms with Gasteiger partial charge in [-0.15, -0.1) is 0 Å². The summed E-state index contributed by atoms with van der Waals surface area (Å²) < 4.78 is 15.4. The molecule has 0 aliphatic carbocycles. The number of H-pyrrole nitrogens is 1. The lowest BCUT2D eigenvalue weighted by Gasteiger charge is -2.36. The van der Waals surface area contributed by atoms with Crippen LogP contribution in [0.25, 0.3) is 11.0 Å². The Morgan fingerprint density at radius 1 is 1.16 bits per heavy atom. The van der Waals surface area contributed by atoms with Crippen LogP contribution in [0.1, 0.15) is 6.42 Å². The number of nitrogens with one attached hydrogen (secondary N) is 2. The number of rotatable bonds is 7. The molecule has 0 spiro atoms. The molecule has 4 rings (SSSR count). The first-order chi connectivity index (χ1) is 15.5. The Hall–Kier alpha value is -3.11. The van der Waals surface area contributed by atoms with Crippen LogP contribution >= 0.6 is 12.2 Å². The maximum absolute atomic E-state index is 14.0. The third kappa shape index (κ3) is 5.03. The van der Waals surface area contributed by atoms with E-state index in [0.717, 1.165) is 39.1 Å². The topological polar surface area (TPSA) is 86.3 Å². The van der Waals surface area contributed by atoms with Gasteiger partial charge < -0.3 is 15.2 Å². The molecule has 1 aromatic carbocycles. The summed E-state index contributed by atoms with van der Waals surface area (Å²) in [6.45, 7) is 4.44. The Labute approximate surface area is 189 Å². The number of para-hydroxylation sites is 1. The maximum atomic E-state index is 14.0. The van der Waals surface area contributed by atoms with Crippen molar-refractivity contribution in [3.63, 3.8) is 0 Å². The van der Waals surface area contributed by atoms with Crippen molar-refractivity contribution in [2.24, 2.45) is 0 Å². The van der Waals surface area contributed by atoms with Gasteiger partial charge in [-0.3, -0.25) is 19.1 Å². The van der Waals surface area contributed by atoms with Crippen LogP contribution in [0.5, 0.6) is 0 Å². The number of carbonyl (C=O) groups excluding carboxylic acids is 1. The van der Waals surface area contributed by atoms with Gasteiger partial charge in [-0.25, -0.2) is 9.37 Å². The summed E-state index contributed by atoms with van der Waals surface area (Å²) in [5.41, 5.74) is 0.728. The van der Waals surface area contributed by atoms with Crippen molar-refractivity contribution in [2.75, 3.05) is 44.2 Å². The molecular weight excluding hydrogens is 431 g/mol. The maximum Gasteiger partial charge on any atom is 0.264 e. The minimum atomic E-state index is -0.334. The van der Waals surface area contributed by atoms with Crippen LogP contribution in [-0.4, -0.2) is 64.6 Å². The first kappa shape index (κ1) is 22.1. The molecule has 0 unspecified atom stereocenters. The molecule has 0 saturated carbocycles. The Kier molecular flexibility index (Phi) is 6.91. The average Bonchev–Trinajstić information content (AvgIpc) is 2.80. The van der Waals surface area contributed by atoms with Gasteiger partial charge in [-0.2, -0.15) is 0 Å². The largest absolute Gasteiger partial charge is 0.367 e. The average molecular weight is 457 g/mol. The number of aromatic nitrogens is 3. The zero-order valence-corrected chi connectivity index (χ0v) is 18.4. The van der Waals surface area contributed by atoms with E-state index >= 15 is 0 Å². The van der Waals surface area contributed by atoms with Crippen molar-refractivity contribution in [3.05, 3.63) is 63.5 Å². The van der Waals surface area contributed by atoms with Crippen molar-refractivity contribution in [3.8, 4) is 0 Å². The van der Waals surface area contributed by atoms with Crippen molar-refractivity contribution in [1.82, 2.24) is 24.8 Å². The number of anilines is 1. The molecule has 2 N–H and O–H groups in total. The highest BCUT2D eigenvalue weighted by Crippen LogP contribution is 2.20. The number of fused-ring (bicyclic) bond motifs is 1. The zero-order chi connectivity index (χ0) is 22.5. The van der Waals surface area contributed by atoms with Gasteiger partial charge in [0.25, 0.3) is 5.56 Å². The van der Waals surface area contributed by atoms with Crippen LogP contribution in [0, 0.1) is 10.6 Å². The molecule has 32 heavy (non-hydrogen) atoms. The van der Waals surface area contributed by atoms with Gasteiger partial charge in [-0.1, -0.05) is 12.1 Å². The number of hydrogen-bond donors (Lipinski definition) is 2. The molecule has 0 bridgehead atoms. The molecular formula is C22H25FN6O2S. The van der Waals surface area contributed by atoms with Gasteiger partial charge in [0.1, 0.15) is 18.0 Å². The number of benzene rings is 1. The van der Waals surface area contributed by atoms with E-state index < -0.39 is 0 Å². The first-order valence-corrected chi connectivity index (χ1v) is 11.0. The minimum Gasteiger partial charge on any atom is -0.367 e. The van der Waals surface area contributed by atoms with Crippen LogP contribution in [0.2, 0.25) is 0 Å².